The molecule has 2 nitrogen and oxygen atoms in total. The lowest BCUT2D eigenvalue weighted by Gasteiger charge is -2.07. The van der Waals surface area contributed by atoms with Crippen molar-refractivity contribution in [2.45, 2.75) is 16.8 Å². The van der Waals surface area contributed by atoms with Crippen LogP contribution in [0.2, 0.25) is 4.34 Å². The Bertz CT molecular complexity index is 542. The zero-order valence-corrected chi connectivity index (χ0v) is 11.1. The van der Waals surface area contributed by atoms with Gasteiger partial charge < -0.3 is 0 Å². The fourth-order valence-corrected chi connectivity index (χ4v) is 2.88. The summed E-state index contributed by atoms with van der Waals surface area (Å²) in [5.41, 5.74) is -0.0703. The zero-order valence-electron chi connectivity index (χ0n) is 8.74. The van der Waals surface area contributed by atoms with E-state index in [1.165, 1.54) is 17.8 Å². The lowest BCUT2D eigenvalue weighted by molar-refractivity contribution is -0.137. The molecular formula is C10H6ClF3N2S2. The van der Waals surface area contributed by atoms with Crippen molar-refractivity contribution in [2.75, 3.05) is 0 Å². The van der Waals surface area contributed by atoms with Gasteiger partial charge in [0.15, 0.2) is 0 Å². The third-order valence-corrected chi connectivity index (χ3v) is 4.04. The van der Waals surface area contributed by atoms with Gasteiger partial charge in [0.1, 0.15) is 10.0 Å². The highest BCUT2D eigenvalue weighted by Gasteiger charge is 2.30. The summed E-state index contributed by atoms with van der Waals surface area (Å²) in [6.45, 7) is 0. The molecule has 1 aromatic heterocycles. The monoisotopic (exact) mass is 310 g/mol. The minimum absolute atomic E-state index is 0.399. The highest BCUT2D eigenvalue weighted by Crippen LogP contribution is 2.33. The predicted octanol–water partition coefficient (Wildman–Crippen LogP) is 4.50. The Balaban J connectivity index is 2.09. The van der Waals surface area contributed by atoms with Crippen LogP contribution < -0.4 is 0 Å². The number of benzene rings is 1. The van der Waals surface area contributed by atoms with E-state index in [0.29, 0.717) is 20.7 Å². The van der Waals surface area contributed by atoms with Gasteiger partial charge in [0.2, 0.25) is 0 Å². The Kier molecular flexibility index (Phi) is 4.14. The quantitative estimate of drug-likeness (QED) is 0.780. The molecule has 1 aromatic carbocycles. The first-order valence-corrected chi connectivity index (χ1v) is 6.87. The van der Waals surface area contributed by atoms with Gasteiger partial charge >= 0.3 is 6.18 Å². The summed E-state index contributed by atoms with van der Waals surface area (Å²) in [6, 6.07) is 5.15. The summed E-state index contributed by atoms with van der Waals surface area (Å²) in [6.07, 6.45) is -4.32. The van der Waals surface area contributed by atoms with E-state index >= 15 is 0 Å². The van der Waals surface area contributed by atoms with Crippen molar-refractivity contribution >= 4 is 34.9 Å². The van der Waals surface area contributed by atoms with E-state index < -0.39 is 11.7 Å². The number of hydrogen-bond donors (Lipinski definition) is 0. The van der Waals surface area contributed by atoms with Crippen LogP contribution in [0.15, 0.2) is 29.2 Å². The van der Waals surface area contributed by atoms with Gasteiger partial charge in [-0.25, -0.2) is 0 Å². The van der Waals surface area contributed by atoms with Crippen molar-refractivity contribution in [2.24, 2.45) is 0 Å². The van der Waals surface area contributed by atoms with Gasteiger partial charge in [0.25, 0.3) is 0 Å². The number of alkyl halides is 3. The van der Waals surface area contributed by atoms with Gasteiger partial charge in [-0.15, -0.1) is 16.9 Å². The molecule has 0 fully saturated rings. The van der Waals surface area contributed by atoms with Gasteiger partial charge in [0, 0.05) is 22.2 Å². The average Bonchev–Trinajstić information content (AvgIpc) is 2.72. The molecule has 0 aliphatic carbocycles. The number of halogens is 4. The van der Waals surface area contributed by atoms with Crippen LogP contribution in [0.4, 0.5) is 13.2 Å². The highest BCUT2D eigenvalue weighted by atomic mass is 35.5. The molecule has 0 saturated heterocycles. The molecule has 0 saturated carbocycles. The molecule has 0 spiro atoms. The highest BCUT2D eigenvalue weighted by molar-refractivity contribution is 7.98. The normalized spacial score (nSPS) is 11.8. The molecule has 96 valence electrons. The summed E-state index contributed by atoms with van der Waals surface area (Å²) in [5, 5.41) is 3.80. The minimum Gasteiger partial charge on any atom is -0.166 e. The first-order valence-electron chi connectivity index (χ1n) is 4.73. The Morgan fingerprint density at radius 1 is 1.33 bits per heavy atom. The summed E-state index contributed by atoms with van der Waals surface area (Å²) in [7, 11) is 0. The molecular weight excluding hydrogens is 305 g/mol. The molecule has 0 N–H and O–H groups in total. The summed E-state index contributed by atoms with van der Waals surface area (Å²) < 4.78 is 41.6. The third kappa shape index (κ3) is 3.37. The van der Waals surface area contributed by atoms with E-state index in [0.717, 1.165) is 23.7 Å². The van der Waals surface area contributed by atoms with Crippen LogP contribution in [0.3, 0.4) is 0 Å². The molecule has 0 atom stereocenters. The van der Waals surface area contributed by atoms with Crippen molar-refractivity contribution in [3.05, 3.63) is 39.9 Å². The second-order valence-corrected chi connectivity index (χ2v) is 5.71. The maximum atomic E-state index is 12.5. The van der Waals surface area contributed by atoms with Gasteiger partial charge in [0.05, 0.1) is 5.56 Å². The smallest absolute Gasteiger partial charge is 0.166 e. The average molecular weight is 311 g/mol. The van der Waals surface area contributed by atoms with Crippen molar-refractivity contribution in [1.29, 1.82) is 0 Å². The molecule has 0 aliphatic heterocycles. The fraction of sp³-hybridized carbons (Fsp3) is 0.200. The Morgan fingerprint density at radius 2 is 2.11 bits per heavy atom. The van der Waals surface area contributed by atoms with Crippen molar-refractivity contribution in [1.82, 2.24) is 9.59 Å². The Hall–Kier alpha value is -0.790. The second-order valence-electron chi connectivity index (χ2n) is 3.31. The molecule has 0 radical (unpaired) electrons. The molecule has 2 rings (SSSR count). The molecule has 0 unspecified atom stereocenters. The SMILES string of the molecule is FC(F)(F)c1cccc(SCc2nnsc2Cl)c1. The lowest BCUT2D eigenvalue weighted by atomic mass is 10.2. The second kappa shape index (κ2) is 5.46. The van der Waals surface area contributed by atoms with Crippen LogP contribution in [0, 0.1) is 0 Å². The molecule has 18 heavy (non-hydrogen) atoms. The summed E-state index contributed by atoms with van der Waals surface area (Å²) in [4.78, 5) is 0.522. The van der Waals surface area contributed by atoms with E-state index in [9.17, 15) is 13.2 Å². The van der Waals surface area contributed by atoms with Crippen molar-refractivity contribution in [3.63, 3.8) is 0 Å². The maximum Gasteiger partial charge on any atom is 0.416 e. The van der Waals surface area contributed by atoms with Gasteiger partial charge in [-0.2, -0.15) is 13.2 Å². The molecule has 0 aliphatic rings. The summed E-state index contributed by atoms with van der Waals surface area (Å²) >= 11 is 8.11. The summed E-state index contributed by atoms with van der Waals surface area (Å²) in [5.74, 6) is 0.399. The minimum atomic E-state index is -4.32. The topological polar surface area (TPSA) is 25.8 Å². The standard InChI is InChI=1S/C10H6ClF3N2S2/c11-9-8(15-16-18-9)5-17-7-3-1-2-6(4-7)10(12,13)14/h1-4H,5H2. The number of rotatable bonds is 3. The molecule has 1 heterocycles. The van der Waals surface area contributed by atoms with Crippen LogP contribution in [-0.2, 0) is 11.9 Å². The van der Waals surface area contributed by atoms with E-state index in [2.05, 4.69) is 9.59 Å². The van der Waals surface area contributed by atoms with Crippen LogP contribution in [-0.4, -0.2) is 9.59 Å². The number of aromatic nitrogens is 2. The van der Waals surface area contributed by atoms with E-state index in [1.54, 1.807) is 6.07 Å². The lowest BCUT2D eigenvalue weighted by Crippen LogP contribution is -2.04. The molecule has 0 bridgehead atoms. The maximum absolute atomic E-state index is 12.5. The molecule has 8 heteroatoms. The largest absolute Gasteiger partial charge is 0.416 e. The van der Waals surface area contributed by atoms with Crippen molar-refractivity contribution < 1.29 is 13.2 Å². The Morgan fingerprint density at radius 3 is 2.72 bits per heavy atom. The molecule has 0 amide bonds. The first-order chi connectivity index (χ1) is 8.47. The fourth-order valence-electron chi connectivity index (χ4n) is 1.20. The van der Waals surface area contributed by atoms with Crippen LogP contribution in [0.5, 0.6) is 0 Å². The van der Waals surface area contributed by atoms with Crippen LogP contribution >= 0.6 is 34.9 Å². The van der Waals surface area contributed by atoms with Gasteiger partial charge in [-0.1, -0.05) is 22.2 Å². The number of hydrogen-bond acceptors (Lipinski definition) is 4. The van der Waals surface area contributed by atoms with E-state index in [-0.39, 0.29) is 0 Å². The number of nitrogens with zero attached hydrogens (tertiary/aromatic N) is 2. The van der Waals surface area contributed by atoms with Gasteiger partial charge in [-0.05, 0) is 18.2 Å². The third-order valence-electron chi connectivity index (χ3n) is 2.05. The van der Waals surface area contributed by atoms with E-state index in [1.807, 2.05) is 0 Å². The predicted molar refractivity (Wildman–Crippen MR) is 65.9 cm³/mol. The van der Waals surface area contributed by atoms with Crippen molar-refractivity contribution in [3.8, 4) is 0 Å². The molecule has 2 aromatic rings. The van der Waals surface area contributed by atoms with Crippen LogP contribution in [0.25, 0.3) is 0 Å². The zero-order chi connectivity index (χ0) is 13.2. The number of thioether (sulfide) groups is 1. The van der Waals surface area contributed by atoms with Gasteiger partial charge in [-0.3, -0.25) is 0 Å². The van der Waals surface area contributed by atoms with Crippen LogP contribution in [0.1, 0.15) is 11.3 Å². The van der Waals surface area contributed by atoms with E-state index in [4.69, 9.17) is 11.6 Å². The Labute approximate surface area is 114 Å². The first kappa shape index (κ1) is 13.6.